The zero-order valence-electron chi connectivity index (χ0n) is 22.1. The van der Waals surface area contributed by atoms with Crippen molar-refractivity contribution in [1.29, 1.82) is 0 Å². The molecule has 212 valence electrons. The summed E-state index contributed by atoms with van der Waals surface area (Å²) >= 11 is 0.978. The molecule has 2 fully saturated rings. The summed E-state index contributed by atoms with van der Waals surface area (Å²) < 4.78 is 11.0. The number of nitrogens with one attached hydrogen (secondary N) is 1. The first kappa shape index (κ1) is 28.3. The number of carbonyl (C=O) groups is 4. The summed E-state index contributed by atoms with van der Waals surface area (Å²) in [5.41, 5.74) is 2.56. The van der Waals surface area contributed by atoms with E-state index in [9.17, 15) is 24.3 Å². The van der Waals surface area contributed by atoms with E-state index in [1.807, 2.05) is 59.5 Å². The molecule has 10 nitrogen and oxygen atoms in total. The number of aliphatic carboxylic acids is 1. The number of rotatable bonds is 8. The number of amides is 2. The van der Waals surface area contributed by atoms with Crippen molar-refractivity contribution in [3.05, 3.63) is 71.3 Å². The Hall–Kier alpha value is -3.25. The van der Waals surface area contributed by atoms with Gasteiger partial charge in [-0.1, -0.05) is 66.4 Å². The highest BCUT2D eigenvalue weighted by Gasteiger charge is 2.45. The fraction of sp³-hybridized carbons (Fsp3) is 0.448. The summed E-state index contributed by atoms with van der Waals surface area (Å²) in [6.45, 7) is 2.71. The number of morpholine rings is 2. The number of carbonyl (C=O) groups excluding carboxylic acids is 3. The Labute approximate surface area is 237 Å². The van der Waals surface area contributed by atoms with Gasteiger partial charge in [-0.25, -0.2) is 4.79 Å². The van der Waals surface area contributed by atoms with Gasteiger partial charge in [-0.15, -0.1) is 0 Å². The van der Waals surface area contributed by atoms with Gasteiger partial charge in [-0.3, -0.25) is 19.3 Å². The van der Waals surface area contributed by atoms with E-state index in [2.05, 4.69) is 5.32 Å². The first-order valence-electron chi connectivity index (χ1n) is 13.4. The van der Waals surface area contributed by atoms with Crippen molar-refractivity contribution in [2.24, 2.45) is 0 Å². The van der Waals surface area contributed by atoms with Crippen LogP contribution in [0, 0.1) is 0 Å². The Morgan fingerprint density at radius 3 is 2.48 bits per heavy atom. The Morgan fingerprint density at radius 2 is 1.73 bits per heavy atom. The van der Waals surface area contributed by atoms with Gasteiger partial charge in [-0.2, -0.15) is 0 Å². The SMILES string of the molecule is O=C(CN1CCOCC1)S[C@@H](Cc1ccccc1)C(=O)N[C@H]1Cc2ccccc2[C@H]2COC[C@@H](C(=O)O)N2C1=O. The molecule has 0 radical (unpaired) electrons. The van der Waals surface area contributed by atoms with Crippen molar-refractivity contribution in [3.63, 3.8) is 0 Å². The molecular weight excluding hydrogens is 534 g/mol. The minimum Gasteiger partial charge on any atom is -0.480 e. The Balaban J connectivity index is 1.38. The van der Waals surface area contributed by atoms with E-state index in [1.54, 1.807) is 0 Å². The van der Waals surface area contributed by atoms with Crippen LogP contribution >= 0.6 is 11.8 Å². The first-order valence-corrected chi connectivity index (χ1v) is 14.3. The van der Waals surface area contributed by atoms with Crippen molar-refractivity contribution in [2.75, 3.05) is 46.1 Å². The number of hydrogen-bond donors (Lipinski definition) is 2. The van der Waals surface area contributed by atoms with Crippen molar-refractivity contribution in [2.45, 2.75) is 36.2 Å². The minimum atomic E-state index is -1.17. The highest BCUT2D eigenvalue weighted by molar-refractivity contribution is 8.14. The van der Waals surface area contributed by atoms with Gasteiger partial charge in [0, 0.05) is 19.5 Å². The molecular formula is C29H33N3O7S. The number of fused-ring (bicyclic) bond motifs is 3. The quantitative estimate of drug-likeness (QED) is 0.485. The van der Waals surface area contributed by atoms with E-state index in [4.69, 9.17) is 9.47 Å². The maximum Gasteiger partial charge on any atom is 0.328 e. The second-order valence-corrected chi connectivity index (χ2v) is 11.4. The molecule has 3 aliphatic rings. The number of thioether (sulfide) groups is 1. The van der Waals surface area contributed by atoms with E-state index < -0.39 is 41.2 Å². The number of hydrogen-bond acceptors (Lipinski definition) is 8. The van der Waals surface area contributed by atoms with E-state index in [0.29, 0.717) is 32.7 Å². The van der Waals surface area contributed by atoms with Crippen molar-refractivity contribution >= 4 is 34.7 Å². The first-order chi connectivity index (χ1) is 19.4. The Morgan fingerprint density at radius 1 is 1.00 bits per heavy atom. The summed E-state index contributed by atoms with van der Waals surface area (Å²) in [6, 6.07) is 14.2. The molecule has 3 aliphatic heterocycles. The topological polar surface area (TPSA) is 125 Å². The fourth-order valence-corrected chi connectivity index (χ4v) is 6.50. The summed E-state index contributed by atoms with van der Waals surface area (Å²) in [4.78, 5) is 56.1. The van der Waals surface area contributed by atoms with E-state index in [0.717, 1.165) is 28.5 Å². The molecule has 2 aromatic carbocycles. The molecule has 0 saturated carbocycles. The van der Waals surface area contributed by atoms with Crippen LogP contribution in [0.15, 0.2) is 54.6 Å². The predicted octanol–water partition coefficient (Wildman–Crippen LogP) is 1.28. The third-order valence-corrected chi connectivity index (χ3v) is 8.56. The van der Waals surface area contributed by atoms with Gasteiger partial charge >= 0.3 is 5.97 Å². The van der Waals surface area contributed by atoms with Crippen LogP contribution in [-0.4, -0.2) is 101 Å². The van der Waals surface area contributed by atoms with Crippen LogP contribution in [0.25, 0.3) is 0 Å². The zero-order chi connectivity index (χ0) is 28.1. The lowest BCUT2D eigenvalue weighted by Gasteiger charge is -2.40. The molecule has 3 heterocycles. The van der Waals surface area contributed by atoms with Crippen molar-refractivity contribution in [1.82, 2.24) is 15.1 Å². The Kier molecular flexibility index (Phi) is 9.15. The lowest BCUT2D eigenvalue weighted by atomic mass is 9.97. The molecule has 2 saturated heterocycles. The molecule has 0 aliphatic carbocycles. The van der Waals surface area contributed by atoms with Crippen LogP contribution < -0.4 is 5.32 Å². The van der Waals surface area contributed by atoms with E-state index >= 15 is 0 Å². The number of carboxylic acids is 1. The summed E-state index contributed by atoms with van der Waals surface area (Å²) in [5, 5.41) is 11.9. The van der Waals surface area contributed by atoms with E-state index in [-0.39, 0.29) is 31.3 Å². The van der Waals surface area contributed by atoms with Crippen molar-refractivity contribution < 1.29 is 33.8 Å². The van der Waals surface area contributed by atoms with Crippen LogP contribution in [-0.2, 0) is 41.5 Å². The van der Waals surface area contributed by atoms with Gasteiger partial charge in [0.05, 0.1) is 44.3 Å². The van der Waals surface area contributed by atoms with Crippen LogP contribution in [0.3, 0.4) is 0 Å². The average molecular weight is 568 g/mol. The molecule has 2 amide bonds. The number of nitrogens with zero attached hydrogens (tertiary/aromatic N) is 2. The smallest absolute Gasteiger partial charge is 0.328 e. The van der Waals surface area contributed by atoms with Crippen LogP contribution in [0.2, 0.25) is 0 Å². The van der Waals surface area contributed by atoms with Gasteiger partial charge in [-0.05, 0) is 23.1 Å². The highest BCUT2D eigenvalue weighted by Crippen LogP contribution is 2.34. The molecule has 0 bridgehead atoms. The standard InChI is InChI=1S/C29H33N3O7S/c33-26(16-31-10-12-38-13-11-31)40-25(14-19-6-2-1-3-7-19)27(34)30-22-15-20-8-4-5-9-21(20)23-17-39-18-24(29(36)37)32(23)28(22)35/h1-9,22-25H,10-18H2,(H,30,34)(H,36,37)/t22-,23+,24-,25-/m0/s1. The summed E-state index contributed by atoms with van der Waals surface area (Å²) in [5.74, 6) is -2.05. The van der Waals surface area contributed by atoms with Gasteiger partial charge in [0.2, 0.25) is 16.9 Å². The lowest BCUT2D eigenvalue weighted by molar-refractivity contribution is -0.165. The second kappa shape index (κ2) is 12.9. The van der Waals surface area contributed by atoms with Crippen LogP contribution in [0.4, 0.5) is 0 Å². The molecule has 0 aromatic heterocycles. The van der Waals surface area contributed by atoms with Crippen molar-refractivity contribution in [3.8, 4) is 0 Å². The van der Waals surface area contributed by atoms with Crippen LogP contribution in [0.5, 0.6) is 0 Å². The summed E-state index contributed by atoms with van der Waals surface area (Å²) in [6.07, 6.45) is 0.520. The molecule has 40 heavy (non-hydrogen) atoms. The largest absolute Gasteiger partial charge is 0.480 e. The summed E-state index contributed by atoms with van der Waals surface area (Å²) in [7, 11) is 0. The molecule has 2 N–H and O–H groups in total. The third kappa shape index (κ3) is 6.55. The van der Waals surface area contributed by atoms with Gasteiger partial charge in [0.25, 0.3) is 0 Å². The third-order valence-electron chi connectivity index (χ3n) is 7.50. The normalized spacial score (nSPS) is 23.9. The van der Waals surface area contributed by atoms with Gasteiger partial charge in [0.15, 0.2) is 6.04 Å². The number of carboxylic acid groups (broad SMARTS) is 1. The molecule has 4 atom stereocenters. The molecule has 2 aromatic rings. The number of ether oxygens (including phenoxy) is 2. The fourth-order valence-electron chi connectivity index (χ4n) is 5.47. The second-order valence-electron chi connectivity index (χ2n) is 10.2. The van der Waals surface area contributed by atoms with E-state index in [1.165, 1.54) is 4.90 Å². The highest BCUT2D eigenvalue weighted by atomic mass is 32.2. The molecule has 11 heteroatoms. The Bertz CT molecular complexity index is 1240. The average Bonchev–Trinajstić information content (AvgIpc) is 3.08. The van der Waals surface area contributed by atoms with Crippen LogP contribution in [0.1, 0.15) is 22.7 Å². The zero-order valence-corrected chi connectivity index (χ0v) is 22.9. The lowest BCUT2D eigenvalue weighted by Crippen LogP contribution is -2.59. The minimum absolute atomic E-state index is 0.122. The van der Waals surface area contributed by atoms with Gasteiger partial charge < -0.3 is 24.8 Å². The molecule has 5 rings (SSSR count). The maximum absolute atomic E-state index is 13.9. The number of benzene rings is 2. The van der Waals surface area contributed by atoms with Gasteiger partial charge in [0.1, 0.15) is 6.04 Å². The molecule has 0 spiro atoms. The monoisotopic (exact) mass is 567 g/mol. The maximum atomic E-state index is 13.9. The molecule has 0 unspecified atom stereocenters. The predicted molar refractivity (Wildman–Crippen MR) is 148 cm³/mol.